The Balaban J connectivity index is 2.15. The minimum Gasteiger partial charge on any atom is -0.481 e. The third-order valence-electron chi connectivity index (χ3n) is 5.15. The monoisotopic (exact) mass is 401 g/mol. The molecule has 0 saturated carbocycles. The number of alkyl halides is 1. The first kappa shape index (κ1) is 21.3. The highest BCUT2D eigenvalue weighted by Gasteiger charge is 2.22. The molecule has 4 heteroatoms. The summed E-state index contributed by atoms with van der Waals surface area (Å²) in [4.78, 5) is 12.0. The quantitative estimate of drug-likeness (QED) is 0.487. The van der Waals surface area contributed by atoms with Crippen LogP contribution in [0.4, 0.5) is 4.39 Å². The fourth-order valence-corrected chi connectivity index (χ4v) is 3.56. The van der Waals surface area contributed by atoms with Crippen LogP contribution in [0.2, 0.25) is 0 Å². The van der Waals surface area contributed by atoms with Gasteiger partial charge in [0.05, 0.1) is 17.6 Å². The molecule has 1 N–H and O–H groups in total. The largest absolute Gasteiger partial charge is 0.481 e. The van der Waals surface area contributed by atoms with E-state index in [1.165, 1.54) is 0 Å². The van der Waals surface area contributed by atoms with Crippen molar-refractivity contribution >= 4 is 5.97 Å². The van der Waals surface area contributed by atoms with E-state index in [1.807, 2.05) is 56.3 Å². The number of hydrogen-bond donors (Lipinski definition) is 1. The molecule has 0 radical (unpaired) electrons. The van der Waals surface area contributed by atoms with Crippen molar-refractivity contribution in [1.29, 1.82) is 5.26 Å². The summed E-state index contributed by atoms with van der Waals surface area (Å²) in [5.74, 6) is -1.23. The zero-order chi connectivity index (χ0) is 21.7. The summed E-state index contributed by atoms with van der Waals surface area (Å²) in [6, 6.07) is 22.4. The van der Waals surface area contributed by atoms with Gasteiger partial charge in [-0.2, -0.15) is 5.26 Å². The number of benzene rings is 3. The van der Waals surface area contributed by atoms with E-state index in [4.69, 9.17) is 5.26 Å². The molecule has 1 unspecified atom stereocenters. The second kappa shape index (κ2) is 9.37. The SMILES string of the molecule is CC(C)CC(C(=O)O)c1cc(-c2ccc(C#N)cc2)cc(-c2ccc(CF)cc2)c1. The first-order chi connectivity index (χ1) is 14.4. The molecule has 3 aromatic rings. The molecule has 0 amide bonds. The molecular formula is C26H24FNO2. The number of rotatable bonds is 7. The first-order valence-corrected chi connectivity index (χ1v) is 9.95. The van der Waals surface area contributed by atoms with E-state index in [-0.39, 0.29) is 5.92 Å². The van der Waals surface area contributed by atoms with E-state index in [1.54, 1.807) is 24.3 Å². The molecule has 30 heavy (non-hydrogen) atoms. The highest BCUT2D eigenvalue weighted by atomic mass is 19.1. The van der Waals surface area contributed by atoms with Crippen LogP contribution in [0, 0.1) is 17.2 Å². The van der Waals surface area contributed by atoms with Gasteiger partial charge in [0.1, 0.15) is 6.67 Å². The summed E-state index contributed by atoms with van der Waals surface area (Å²) in [7, 11) is 0. The molecule has 0 fully saturated rings. The Bertz CT molecular complexity index is 1060. The fraction of sp³-hybridized carbons (Fsp3) is 0.231. The van der Waals surface area contributed by atoms with E-state index in [0.29, 0.717) is 17.5 Å². The minimum atomic E-state index is -0.848. The summed E-state index contributed by atoms with van der Waals surface area (Å²) in [6.45, 7) is 3.50. The second-order valence-electron chi connectivity index (χ2n) is 7.88. The lowest BCUT2D eigenvalue weighted by atomic mass is 9.86. The molecule has 3 rings (SSSR count). The maximum absolute atomic E-state index is 12.9. The molecule has 0 bridgehead atoms. The Kier molecular flexibility index (Phi) is 6.64. The number of carboxylic acids is 1. The average Bonchev–Trinajstić information content (AvgIpc) is 2.77. The van der Waals surface area contributed by atoms with E-state index in [2.05, 4.69) is 6.07 Å². The first-order valence-electron chi connectivity index (χ1n) is 9.95. The maximum Gasteiger partial charge on any atom is 0.310 e. The highest BCUT2D eigenvalue weighted by molar-refractivity contribution is 5.80. The van der Waals surface area contributed by atoms with Crippen molar-refractivity contribution in [2.45, 2.75) is 32.9 Å². The number of hydrogen-bond acceptors (Lipinski definition) is 2. The number of aliphatic carboxylic acids is 1. The average molecular weight is 401 g/mol. The van der Waals surface area contributed by atoms with Crippen molar-refractivity contribution in [2.24, 2.45) is 5.92 Å². The van der Waals surface area contributed by atoms with Gasteiger partial charge in [0.15, 0.2) is 0 Å². The van der Waals surface area contributed by atoms with Gasteiger partial charge < -0.3 is 5.11 Å². The summed E-state index contributed by atoms with van der Waals surface area (Å²) >= 11 is 0. The zero-order valence-corrected chi connectivity index (χ0v) is 17.1. The molecule has 3 nitrogen and oxygen atoms in total. The summed E-state index contributed by atoms with van der Waals surface area (Å²) < 4.78 is 12.9. The number of carboxylic acid groups (broad SMARTS) is 1. The second-order valence-corrected chi connectivity index (χ2v) is 7.88. The van der Waals surface area contributed by atoms with Crippen molar-refractivity contribution in [3.8, 4) is 28.3 Å². The Morgan fingerprint density at radius 1 is 0.933 bits per heavy atom. The van der Waals surface area contributed by atoms with Crippen LogP contribution >= 0.6 is 0 Å². The van der Waals surface area contributed by atoms with Crippen LogP contribution < -0.4 is 0 Å². The van der Waals surface area contributed by atoms with Crippen LogP contribution in [-0.2, 0) is 11.5 Å². The van der Waals surface area contributed by atoms with Crippen LogP contribution in [0.1, 0.15) is 42.9 Å². The van der Waals surface area contributed by atoms with Gasteiger partial charge in [-0.15, -0.1) is 0 Å². The Labute approximate surface area is 176 Å². The van der Waals surface area contributed by atoms with Gasteiger partial charge in [-0.05, 0) is 63.9 Å². The van der Waals surface area contributed by atoms with E-state index in [9.17, 15) is 14.3 Å². The van der Waals surface area contributed by atoms with E-state index in [0.717, 1.165) is 27.8 Å². The van der Waals surface area contributed by atoms with Gasteiger partial charge in [-0.25, -0.2) is 4.39 Å². The normalized spacial score (nSPS) is 11.8. The van der Waals surface area contributed by atoms with Crippen LogP contribution in [0.3, 0.4) is 0 Å². The van der Waals surface area contributed by atoms with Gasteiger partial charge in [0, 0.05) is 0 Å². The van der Waals surface area contributed by atoms with Gasteiger partial charge in [0.2, 0.25) is 0 Å². The molecule has 0 saturated heterocycles. The molecule has 152 valence electrons. The summed E-state index contributed by atoms with van der Waals surface area (Å²) in [5, 5.41) is 18.9. The Morgan fingerprint density at radius 2 is 1.47 bits per heavy atom. The third-order valence-corrected chi connectivity index (χ3v) is 5.15. The van der Waals surface area contributed by atoms with Gasteiger partial charge in [0.25, 0.3) is 0 Å². The number of halogens is 1. The van der Waals surface area contributed by atoms with Crippen LogP contribution in [0.25, 0.3) is 22.3 Å². The lowest BCUT2D eigenvalue weighted by molar-refractivity contribution is -0.139. The minimum absolute atomic E-state index is 0.233. The molecule has 3 aromatic carbocycles. The molecule has 0 aliphatic carbocycles. The Morgan fingerprint density at radius 3 is 1.90 bits per heavy atom. The lowest BCUT2D eigenvalue weighted by Gasteiger charge is -2.18. The van der Waals surface area contributed by atoms with Gasteiger partial charge in [-0.1, -0.05) is 62.4 Å². The molecule has 0 aliphatic rings. The van der Waals surface area contributed by atoms with Gasteiger partial charge in [-0.3, -0.25) is 4.79 Å². The maximum atomic E-state index is 12.9. The highest BCUT2D eigenvalue weighted by Crippen LogP contribution is 2.34. The number of nitrogens with zero attached hydrogens (tertiary/aromatic N) is 1. The third kappa shape index (κ3) is 4.93. The molecule has 1 atom stereocenters. The number of carbonyl (C=O) groups is 1. The molecular weight excluding hydrogens is 377 g/mol. The zero-order valence-electron chi connectivity index (χ0n) is 17.1. The Hall–Kier alpha value is -3.45. The van der Waals surface area contributed by atoms with Crippen molar-refractivity contribution in [2.75, 3.05) is 0 Å². The summed E-state index contributed by atoms with van der Waals surface area (Å²) in [6.07, 6.45) is 0.534. The van der Waals surface area contributed by atoms with E-state index < -0.39 is 18.6 Å². The predicted molar refractivity (Wildman–Crippen MR) is 117 cm³/mol. The lowest BCUT2D eigenvalue weighted by Crippen LogP contribution is -2.14. The van der Waals surface area contributed by atoms with Crippen LogP contribution in [-0.4, -0.2) is 11.1 Å². The van der Waals surface area contributed by atoms with Crippen LogP contribution in [0.15, 0.2) is 66.7 Å². The smallest absolute Gasteiger partial charge is 0.310 e. The van der Waals surface area contributed by atoms with Crippen molar-refractivity contribution in [1.82, 2.24) is 0 Å². The topological polar surface area (TPSA) is 61.1 Å². The van der Waals surface area contributed by atoms with Crippen molar-refractivity contribution < 1.29 is 14.3 Å². The standard InChI is InChI=1S/C26H24FNO2/c1-17(2)11-25(26(29)30)24-13-22(20-7-3-18(15-27)4-8-20)12-23(14-24)21-9-5-19(16-28)6-10-21/h3-10,12-14,17,25H,11,15H2,1-2H3,(H,29,30). The van der Waals surface area contributed by atoms with Crippen LogP contribution in [0.5, 0.6) is 0 Å². The molecule has 0 heterocycles. The predicted octanol–water partition coefficient (Wildman–Crippen LogP) is 6.58. The number of nitriles is 1. The van der Waals surface area contributed by atoms with Crippen molar-refractivity contribution in [3.63, 3.8) is 0 Å². The van der Waals surface area contributed by atoms with Gasteiger partial charge >= 0.3 is 5.97 Å². The fourth-order valence-electron chi connectivity index (χ4n) is 3.56. The van der Waals surface area contributed by atoms with E-state index >= 15 is 0 Å². The molecule has 0 spiro atoms. The molecule has 0 aromatic heterocycles. The van der Waals surface area contributed by atoms with Crippen molar-refractivity contribution in [3.05, 3.63) is 83.4 Å². The summed E-state index contributed by atoms with van der Waals surface area (Å²) in [5.41, 5.74) is 5.49. The molecule has 0 aliphatic heterocycles.